The smallest absolute Gasteiger partial charge is 0.240 e. The number of hydrogen-bond acceptors (Lipinski definition) is 3. The van der Waals surface area contributed by atoms with Crippen molar-refractivity contribution in [3.63, 3.8) is 0 Å². The molecule has 4 heteroatoms. The second kappa shape index (κ2) is 3.64. The summed E-state index contributed by atoms with van der Waals surface area (Å²) < 4.78 is 5.28. The van der Waals surface area contributed by atoms with Crippen molar-refractivity contribution in [3.8, 4) is 0 Å². The fourth-order valence-corrected chi connectivity index (χ4v) is 1.75. The number of rotatable bonds is 1. The minimum atomic E-state index is 0.0838. The Morgan fingerprint density at radius 1 is 1.62 bits per heavy atom. The van der Waals surface area contributed by atoms with E-state index in [-0.39, 0.29) is 18.0 Å². The molecule has 2 heterocycles. The summed E-state index contributed by atoms with van der Waals surface area (Å²) in [6.07, 6.45) is 0.989. The standard InChI is InChI=1S/C9H16N2O2/c1-7-6-13-5-4-11(7)9(12)8-2-3-10-8/h7-8,10H,2-6H2,1H3/t7-,8?/m1/s1. The van der Waals surface area contributed by atoms with Crippen molar-refractivity contribution in [1.29, 1.82) is 0 Å². The number of nitrogens with zero attached hydrogens (tertiary/aromatic N) is 1. The third kappa shape index (κ3) is 1.69. The Balaban J connectivity index is 1.93. The van der Waals surface area contributed by atoms with Gasteiger partial charge in [0.05, 0.1) is 25.3 Å². The molecule has 0 bridgehead atoms. The molecule has 0 spiro atoms. The van der Waals surface area contributed by atoms with E-state index in [2.05, 4.69) is 5.32 Å². The number of ether oxygens (including phenoxy) is 1. The van der Waals surface area contributed by atoms with Gasteiger partial charge in [0.25, 0.3) is 0 Å². The van der Waals surface area contributed by atoms with Crippen LogP contribution in [0.3, 0.4) is 0 Å². The van der Waals surface area contributed by atoms with Crippen LogP contribution >= 0.6 is 0 Å². The molecule has 1 amide bonds. The topological polar surface area (TPSA) is 41.6 Å². The van der Waals surface area contributed by atoms with Crippen molar-refractivity contribution >= 4 is 5.91 Å². The highest BCUT2D eigenvalue weighted by Gasteiger charge is 2.32. The Kier molecular flexibility index (Phi) is 2.51. The molecule has 2 fully saturated rings. The maximum Gasteiger partial charge on any atom is 0.240 e. The summed E-state index contributed by atoms with van der Waals surface area (Å²) in [5, 5.41) is 3.13. The summed E-state index contributed by atoms with van der Waals surface area (Å²) in [5.41, 5.74) is 0. The maximum atomic E-state index is 11.8. The molecular weight excluding hydrogens is 168 g/mol. The Hall–Kier alpha value is -0.610. The second-order valence-electron chi connectivity index (χ2n) is 3.75. The SMILES string of the molecule is C[C@@H]1COCCN1C(=O)C1CCN1. The van der Waals surface area contributed by atoms with Crippen LogP contribution in [0.2, 0.25) is 0 Å². The number of morpholine rings is 1. The zero-order valence-electron chi connectivity index (χ0n) is 7.95. The lowest BCUT2D eigenvalue weighted by Gasteiger charge is -2.38. The van der Waals surface area contributed by atoms with Crippen molar-refractivity contribution in [2.45, 2.75) is 25.4 Å². The number of carbonyl (C=O) groups excluding carboxylic acids is 1. The summed E-state index contributed by atoms with van der Waals surface area (Å²) in [6.45, 7) is 5.13. The highest BCUT2D eigenvalue weighted by molar-refractivity contribution is 5.83. The monoisotopic (exact) mass is 184 g/mol. The summed E-state index contributed by atoms with van der Waals surface area (Å²) in [6, 6.07) is 0.323. The molecule has 0 saturated carbocycles. The Labute approximate surface area is 78.2 Å². The molecule has 1 N–H and O–H groups in total. The molecule has 0 aromatic heterocycles. The van der Waals surface area contributed by atoms with Gasteiger partial charge >= 0.3 is 0 Å². The van der Waals surface area contributed by atoms with Gasteiger partial charge in [-0.1, -0.05) is 0 Å². The summed E-state index contributed by atoms with van der Waals surface area (Å²) in [7, 11) is 0. The summed E-state index contributed by atoms with van der Waals surface area (Å²) in [5.74, 6) is 0.252. The number of hydrogen-bond donors (Lipinski definition) is 1. The molecule has 74 valence electrons. The molecule has 13 heavy (non-hydrogen) atoms. The highest BCUT2D eigenvalue weighted by Crippen LogP contribution is 2.12. The second-order valence-corrected chi connectivity index (χ2v) is 3.75. The van der Waals surface area contributed by atoms with Gasteiger partial charge in [0.1, 0.15) is 0 Å². The summed E-state index contributed by atoms with van der Waals surface area (Å²) in [4.78, 5) is 13.7. The lowest BCUT2D eigenvalue weighted by molar-refractivity contribution is -0.143. The van der Waals surface area contributed by atoms with E-state index >= 15 is 0 Å². The van der Waals surface area contributed by atoms with Gasteiger partial charge in [-0.05, 0) is 19.9 Å². The van der Waals surface area contributed by atoms with Crippen LogP contribution < -0.4 is 5.32 Å². The third-order valence-electron chi connectivity index (χ3n) is 2.77. The van der Waals surface area contributed by atoms with E-state index in [9.17, 15) is 4.79 Å². The van der Waals surface area contributed by atoms with Crippen LogP contribution in [0.15, 0.2) is 0 Å². The van der Waals surface area contributed by atoms with Gasteiger partial charge in [-0.3, -0.25) is 4.79 Å². The first kappa shape index (κ1) is 8.97. The molecule has 2 aliphatic heterocycles. The molecule has 1 unspecified atom stereocenters. The van der Waals surface area contributed by atoms with Gasteiger partial charge < -0.3 is 15.0 Å². The molecule has 2 atom stereocenters. The lowest BCUT2D eigenvalue weighted by Crippen LogP contribution is -2.58. The highest BCUT2D eigenvalue weighted by atomic mass is 16.5. The van der Waals surface area contributed by atoms with Gasteiger partial charge in [-0.15, -0.1) is 0 Å². The van der Waals surface area contributed by atoms with Crippen LogP contribution in [0.5, 0.6) is 0 Å². The van der Waals surface area contributed by atoms with Crippen LogP contribution in [0.1, 0.15) is 13.3 Å². The fourth-order valence-electron chi connectivity index (χ4n) is 1.75. The number of nitrogens with one attached hydrogen (secondary N) is 1. The van der Waals surface area contributed by atoms with Crippen molar-refractivity contribution < 1.29 is 9.53 Å². The maximum absolute atomic E-state index is 11.8. The minimum Gasteiger partial charge on any atom is -0.377 e. The fraction of sp³-hybridized carbons (Fsp3) is 0.889. The largest absolute Gasteiger partial charge is 0.377 e. The van der Waals surface area contributed by atoms with E-state index in [1.54, 1.807) is 0 Å². The first-order valence-electron chi connectivity index (χ1n) is 4.90. The molecule has 0 aromatic carbocycles. The Morgan fingerprint density at radius 2 is 2.38 bits per heavy atom. The van der Waals surface area contributed by atoms with Gasteiger partial charge in [0, 0.05) is 6.54 Å². The van der Waals surface area contributed by atoms with Crippen LogP contribution in [-0.4, -0.2) is 49.2 Å². The first-order chi connectivity index (χ1) is 6.29. The first-order valence-corrected chi connectivity index (χ1v) is 4.90. The Bertz CT molecular complexity index is 204. The van der Waals surface area contributed by atoms with Crippen molar-refractivity contribution in [3.05, 3.63) is 0 Å². The molecule has 2 aliphatic rings. The van der Waals surface area contributed by atoms with E-state index in [4.69, 9.17) is 4.74 Å². The number of amides is 1. The predicted molar refractivity (Wildman–Crippen MR) is 48.4 cm³/mol. The number of carbonyl (C=O) groups is 1. The van der Waals surface area contributed by atoms with Crippen molar-refractivity contribution in [2.24, 2.45) is 0 Å². The quantitative estimate of drug-likeness (QED) is 0.602. The average molecular weight is 184 g/mol. The minimum absolute atomic E-state index is 0.0838. The molecule has 2 rings (SSSR count). The summed E-state index contributed by atoms with van der Waals surface area (Å²) >= 11 is 0. The van der Waals surface area contributed by atoms with Gasteiger partial charge in [-0.2, -0.15) is 0 Å². The van der Waals surface area contributed by atoms with E-state index in [0.29, 0.717) is 13.2 Å². The molecule has 4 nitrogen and oxygen atoms in total. The van der Waals surface area contributed by atoms with Gasteiger partial charge in [0.2, 0.25) is 5.91 Å². The zero-order chi connectivity index (χ0) is 9.26. The lowest BCUT2D eigenvalue weighted by atomic mass is 10.0. The van der Waals surface area contributed by atoms with E-state index in [1.165, 1.54) is 0 Å². The third-order valence-corrected chi connectivity index (χ3v) is 2.77. The van der Waals surface area contributed by atoms with Crippen LogP contribution in [-0.2, 0) is 9.53 Å². The van der Waals surface area contributed by atoms with Crippen LogP contribution in [0.4, 0.5) is 0 Å². The molecular formula is C9H16N2O2. The molecule has 0 aromatic rings. The Morgan fingerprint density at radius 3 is 2.92 bits per heavy atom. The molecule has 0 aliphatic carbocycles. The van der Waals surface area contributed by atoms with Gasteiger partial charge in [0.15, 0.2) is 0 Å². The van der Waals surface area contributed by atoms with E-state index in [1.807, 2.05) is 11.8 Å². The van der Waals surface area contributed by atoms with E-state index in [0.717, 1.165) is 19.5 Å². The predicted octanol–water partition coefficient (Wildman–Crippen LogP) is -0.404. The van der Waals surface area contributed by atoms with Crippen LogP contribution in [0.25, 0.3) is 0 Å². The molecule has 0 radical (unpaired) electrons. The average Bonchev–Trinajstić information content (AvgIpc) is 2.01. The van der Waals surface area contributed by atoms with E-state index < -0.39 is 0 Å². The van der Waals surface area contributed by atoms with Crippen molar-refractivity contribution in [2.75, 3.05) is 26.3 Å². The zero-order valence-corrected chi connectivity index (χ0v) is 7.95. The van der Waals surface area contributed by atoms with Gasteiger partial charge in [-0.25, -0.2) is 0 Å². The molecule has 2 saturated heterocycles. The van der Waals surface area contributed by atoms with Crippen molar-refractivity contribution in [1.82, 2.24) is 10.2 Å². The normalized spacial score (nSPS) is 34.1. The van der Waals surface area contributed by atoms with Crippen LogP contribution in [0, 0.1) is 0 Å².